The fourth-order valence-corrected chi connectivity index (χ4v) is 4.06. The maximum absolute atomic E-state index is 13.4. The molecular formula is C23H22Cl2N2O4S. The molecule has 0 aromatic heterocycles. The quantitative estimate of drug-likeness (QED) is 0.296. The van der Waals surface area contributed by atoms with Crippen molar-refractivity contribution in [1.29, 1.82) is 0 Å². The van der Waals surface area contributed by atoms with Crippen LogP contribution >= 0.6 is 35.4 Å². The molecule has 1 aliphatic rings. The van der Waals surface area contributed by atoms with Gasteiger partial charge in [0.25, 0.3) is 11.8 Å². The minimum absolute atomic E-state index is 0.0434. The van der Waals surface area contributed by atoms with Crippen LogP contribution in [0.1, 0.15) is 26.3 Å². The maximum Gasteiger partial charge on any atom is 0.270 e. The molecule has 0 N–H and O–H groups in total. The van der Waals surface area contributed by atoms with E-state index in [0.29, 0.717) is 52.6 Å². The van der Waals surface area contributed by atoms with Crippen molar-refractivity contribution in [3.8, 4) is 11.5 Å². The summed E-state index contributed by atoms with van der Waals surface area (Å²) in [5.74, 6) is -0.161. The van der Waals surface area contributed by atoms with Gasteiger partial charge in [0, 0.05) is 11.6 Å². The molecule has 32 heavy (non-hydrogen) atoms. The number of likely N-dealkylation sites (N-methyl/N-ethyl adjacent to an activating group) is 1. The summed E-state index contributed by atoms with van der Waals surface area (Å²) < 4.78 is 11.2. The Morgan fingerprint density at radius 2 is 1.62 bits per heavy atom. The average molecular weight is 493 g/mol. The predicted octanol–water partition coefficient (Wildman–Crippen LogP) is 5.35. The lowest BCUT2D eigenvalue weighted by atomic mass is 10.1. The van der Waals surface area contributed by atoms with Gasteiger partial charge < -0.3 is 9.47 Å². The lowest BCUT2D eigenvalue weighted by molar-refractivity contribution is -0.127. The number of hydrogen-bond donors (Lipinski definition) is 0. The standard InChI is InChI=1S/C23H22Cl2N2O4S/c1-4-26-21(28)17(22(29)27(23(26)32)16-9-7-15(24)8-10-16)11-14-12-18(25)20(31-6-3)19(13-14)30-5-2/h7-13H,4-6H2,1-3H3/b17-11+. The molecule has 2 amide bonds. The number of rotatable bonds is 7. The van der Waals surface area contributed by atoms with Gasteiger partial charge in [0.2, 0.25) is 0 Å². The van der Waals surface area contributed by atoms with Crippen LogP contribution in [0.4, 0.5) is 5.69 Å². The number of anilines is 1. The normalized spacial score (nSPS) is 15.5. The Hall–Kier alpha value is -2.61. The van der Waals surface area contributed by atoms with E-state index in [1.807, 2.05) is 13.8 Å². The van der Waals surface area contributed by atoms with Gasteiger partial charge in [-0.25, -0.2) is 0 Å². The molecule has 0 radical (unpaired) electrons. The third kappa shape index (κ3) is 4.75. The molecule has 0 spiro atoms. The van der Waals surface area contributed by atoms with Crippen molar-refractivity contribution in [3.63, 3.8) is 0 Å². The van der Waals surface area contributed by atoms with Gasteiger partial charge in [-0.2, -0.15) is 0 Å². The zero-order valence-corrected chi connectivity index (χ0v) is 20.2. The molecule has 3 rings (SSSR count). The van der Waals surface area contributed by atoms with Crippen LogP contribution < -0.4 is 14.4 Å². The summed E-state index contributed by atoms with van der Waals surface area (Å²) in [4.78, 5) is 29.1. The second-order valence-electron chi connectivity index (χ2n) is 6.70. The zero-order valence-electron chi connectivity index (χ0n) is 17.9. The largest absolute Gasteiger partial charge is 0.490 e. The van der Waals surface area contributed by atoms with Crippen LogP contribution in [0.3, 0.4) is 0 Å². The molecule has 2 aromatic carbocycles. The van der Waals surface area contributed by atoms with Gasteiger partial charge in [-0.05, 0) is 81.0 Å². The van der Waals surface area contributed by atoms with Gasteiger partial charge in [-0.1, -0.05) is 23.2 Å². The van der Waals surface area contributed by atoms with Crippen LogP contribution in [0.25, 0.3) is 6.08 Å². The molecular weight excluding hydrogens is 471 g/mol. The number of halogens is 2. The highest BCUT2D eigenvalue weighted by Gasteiger charge is 2.39. The molecule has 0 saturated carbocycles. The van der Waals surface area contributed by atoms with Crippen molar-refractivity contribution in [2.75, 3.05) is 24.7 Å². The van der Waals surface area contributed by atoms with Gasteiger partial charge in [0.05, 0.1) is 23.9 Å². The van der Waals surface area contributed by atoms with Crippen molar-refractivity contribution < 1.29 is 19.1 Å². The SMILES string of the molecule is CCOc1cc(/C=C2\C(=O)N(CC)C(=S)N(c3ccc(Cl)cc3)C2=O)cc(Cl)c1OCC. The first kappa shape index (κ1) is 24.0. The van der Waals surface area contributed by atoms with Gasteiger partial charge in [-0.15, -0.1) is 0 Å². The first-order valence-corrected chi connectivity index (χ1v) is 11.2. The molecule has 1 fully saturated rings. The molecule has 1 heterocycles. The van der Waals surface area contributed by atoms with Gasteiger partial charge in [-0.3, -0.25) is 19.4 Å². The molecule has 0 unspecified atom stereocenters. The summed E-state index contributed by atoms with van der Waals surface area (Å²) in [5, 5.41) is 0.954. The maximum atomic E-state index is 13.4. The van der Waals surface area contributed by atoms with Crippen LogP contribution in [-0.4, -0.2) is 41.6 Å². The molecule has 1 saturated heterocycles. The molecule has 168 valence electrons. The van der Waals surface area contributed by atoms with E-state index in [4.69, 9.17) is 44.9 Å². The van der Waals surface area contributed by atoms with E-state index in [-0.39, 0.29) is 10.7 Å². The second kappa shape index (κ2) is 10.3. The smallest absolute Gasteiger partial charge is 0.270 e. The summed E-state index contributed by atoms with van der Waals surface area (Å²) in [5.41, 5.74) is 0.998. The van der Waals surface area contributed by atoms with Crippen LogP contribution in [0.2, 0.25) is 10.0 Å². The van der Waals surface area contributed by atoms with Crippen molar-refractivity contribution in [1.82, 2.24) is 4.90 Å². The van der Waals surface area contributed by atoms with Crippen molar-refractivity contribution in [2.24, 2.45) is 0 Å². The topological polar surface area (TPSA) is 59.1 Å². The van der Waals surface area contributed by atoms with E-state index in [1.165, 1.54) is 15.9 Å². The zero-order chi connectivity index (χ0) is 23.4. The number of ether oxygens (including phenoxy) is 2. The van der Waals surface area contributed by atoms with Gasteiger partial charge in [0.15, 0.2) is 16.6 Å². The number of thiocarbonyl (C=S) groups is 1. The number of benzene rings is 2. The Labute approximate surface area is 202 Å². The van der Waals surface area contributed by atoms with E-state index in [1.54, 1.807) is 43.3 Å². The lowest BCUT2D eigenvalue weighted by Gasteiger charge is -2.36. The first-order valence-electron chi connectivity index (χ1n) is 10.1. The summed E-state index contributed by atoms with van der Waals surface area (Å²) in [7, 11) is 0. The molecule has 0 bridgehead atoms. The number of carbonyl (C=O) groups is 2. The Kier molecular flexibility index (Phi) is 7.77. The molecule has 0 atom stereocenters. The fourth-order valence-electron chi connectivity index (χ4n) is 3.26. The number of nitrogens with zero attached hydrogens (tertiary/aromatic N) is 2. The summed E-state index contributed by atoms with van der Waals surface area (Å²) in [6.07, 6.45) is 1.49. The van der Waals surface area contributed by atoms with Crippen molar-refractivity contribution in [2.45, 2.75) is 20.8 Å². The minimum Gasteiger partial charge on any atom is -0.490 e. The predicted molar refractivity (Wildman–Crippen MR) is 131 cm³/mol. The third-order valence-electron chi connectivity index (χ3n) is 4.66. The highest BCUT2D eigenvalue weighted by Crippen LogP contribution is 2.38. The fraction of sp³-hybridized carbons (Fsp3) is 0.261. The van der Waals surface area contributed by atoms with Crippen molar-refractivity contribution >= 4 is 64.1 Å². The lowest BCUT2D eigenvalue weighted by Crippen LogP contribution is -2.56. The Morgan fingerprint density at radius 3 is 2.22 bits per heavy atom. The van der Waals surface area contributed by atoms with Crippen LogP contribution in [-0.2, 0) is 9.59 Å². The summed E-state index contributed by atoms with van der Waals surface area (Å²) in [6, 6.07) is 9.97. The number of carbonyl (C=O) groups excluding carboxylic acids is 2. The van der Waals surface area contributed by atoms with E-state index in [0.717, 1.165) is 0 Å². The van der Waals surface area contributed by atoms with Gasteiger partial charge in [0.1, 0.15) is 5.57 Å². The molecule has 6 nitrogen and oxygen atoms in total. The molecule has 0 aliphatic carbocycles. The second-order valence-corrected chi connectivity index (χ2v) is 7.91. The Balaban J connectivity index is 2.10. The van der Waals surface area contributed by atoms with Crippen LogP contribution in [0, 0.1) is 0 Å². The Bertz CT molecular complexity index is 1090. The summed E-state index contributed by atoms with van der Waals surface area (Å²) >= 11 is 17.8. The monoisotopic (exact) mass is 492 g/mol. The van der Waals surface area contributed by atoms with E-state index >= 15 is 0 Å². The third-order valence-corrected chi connectivity index (χ3v) is 5.60. The molecule has 1 aliphatic heterocycles. The van der Waals surface area contributed by atoms with Crippen LogP contribution in [0.15, 0.2) is 42.0 Å². The number of hydrogen-bond acceptors (Lipinski definition) is 5. The highest BCUT2D eigenvalue weighted by atomic mass is 35.5. The first-order chi connectivity index (χ1) is 15.3. The van der Waals surface area contributed by atoms with E-state index < -0.39 is 11.8 Å². The van der Waals surface area contributed by atoms with E-state index in [9.17, 15) is 9.59 Å². The highest BCUT2D eigenvalue weighted by molar-refractivity contribution is 7.80. The van der Waals surface area contributed by atoms with E-state index in [2.05, 4.69) is 0 Å². The van der Waals surface area contributed by atoms with Gasteiger partial charge >= 0.3 is 0 Å². The number of amides is 2. The van der Waals surface area contributed by atoms with Crippen LogP contribution in [0.5, 0.6) is 11.5 Å². The minimum atomic E-state index is -0.532. The molecule has 9 heteroatoms. The molecule has 2 aromatic rings. The Morgan fingerprint density at radius 1 is 0.969 bits per heavy atom. The summed E-state index contributed by atoms with van der Waals surface area (Å²) in [6.45, 7) is 6.59. The average Bonchev–Trinajstić information content (AvgIpc) is 2.75. The van der Waals surface area contributed by atoms with Crippen molar-refractivity contribution in [3.05, 3.63) is 57.6 Å².